The standard InChI is InChI=1S/C21H32N2O/c1-3-18-13-23-20-12-15(5-7-21(20)24-18)8-9-22-14(2)19-11-16-4-6-17(19)10-16/h5,7,12,14,16-19,22-23H,3-4,6,8-11,13H2,1-2H3. The van der Waals surface area contributed by atoms with Gasteiger partial charge in [-0.25, -0.2) is 0 Å². The molecule has 4 rings (SSSR count). The van der Waals surface area contributed by atoms with Gasteiger partial charge in [0.2, 0.25) is 0 Å². The molecular formula is C21H32N2O. The summed E-state index contributed by atoms with van der Waals surface area (Å²) in [5, 5.41) is 7.32. The maximum Gasteiger partial charge on any atom is 0.142 e. The predicted octanol–water partition coefficient (Wildman–Crippen LogP) is 4.23. The van der Waals surface area contributed by atoms with E-state index in [1.807, 2.05) is 0 Å². The molecule has 0 radical (unpaired) electrons. The molecule has 5 unspecified atom stereocenters. The monoisotopic (exact) mass is 328 g/mol. The minimum atomic E-state index is 0.313. The highest BCUT2D eigenvalue weighted by Gasteiger charge is 2.41. The highest BCUT2D eigenvalue weighted by Crippen LogP contribution is 2.49. The first kappa shape index (κ1) is 16.3. The highest BCUT2D eigenvalue weighted by molar-refractivity contribution is 5.59. The lowest BCUT2D eigenvalue weighted by molar-refractivity contribution is 0.202. The minimum absolute atomic E-state index is 0.313. The van der Waals surface area contributed by atoms with Crippen molar-refractivity contribution >= 4 is 5.69 Å². The first-order valence-corrected chi connectivity index (χ1v) is 9.99. The van der Waals surface area contributed by atoms with Crippen LogP contribution in [-0.2, 0) is 6.42 Å². The van der Waals surface area contributed by atoms with E-state index in [0.29, 0.717) is 12.1 Å². The smallest absolute Gasteiger partial charge is 0.142 e. The van der Waals surface area contributed by atoms with Crippen molar-refractivity contribution in [1.29, 1.82) is 0 Å². The Morgan fingerprint density at radius 3 is 2.96 bits per heavy atom. The third-order valence-corrected chi connectivity index (χ3v) is 6.63. The minimum Gasteiger partial charge on any atom is -0.486 e. The van der Waals surface area contributed by atoms with E-state index >= 15 is 0 Å². The van der Waals surface area contributed by atoms with Gasteiger partial charge < -0.3 is 15.4 Å². The number of benzene rings is 1. The fourth-order valence-electron chi connectivity index (χ4n) is 5.15. The Morgan fingerprint density at radius 2 is 2.21 bits per heavy atom. The van der Waals surface area contributed by atoms with Gasteiger partial charge in [0, 0.05) is 6.04 Å². The van der Waals surface area contributed by atoms with E-state index in [4.69, 9.17) is 4.74 Å². The van der Waals surface area contributed by atoms with Gasteiger partial charge in [0.25, 0.3) is 0 Å². The number of ether oxygens (including phenoxy) is 1. The normalized spacial score (nSPS) is 32.1. The molecule has 1 aromatic carbocycles. The molecule has 1 aliphatic heterocycles. The molecule has 2 saturated carbocycles. The highest BCUT2D eigenvalue weighted by atomic mass is 16.5. The summed E-state index contributed by atoms with van der Waals surface area (Å²) in [4.78, 5) is 0. The lowest BCUT2D eigenvalue weighted by atomic mass is 9.84. The quantitative estimate of drug-likeness (QED) is 0.820. The molecule has 3 nitrogen and oxygen atoms in total. The second-order valence-corrected chi connectivity index (χ2v) is 8.19. The van der Waals surface area contributed by atoms with Crippen LogP contribution < -0.4 is 15.4 Å². The van der Waals surface area contributed by atoms with Crippen LogP contribution in [-0.4, -0.2) is 25.2 Å². The number of nitrogens with one attached hydrogen (secondary N) is 2. The zero-order valence-electron chi connectivity index (χ0n) is 15.2. The zero-order valence-corrected chi connectivity index (χ0v) is 15.2. The molecule has 2 aliphatic carbocycles. The van der Waals surface area contributed by atoms with Crippen molar-refractivity contribution < 1.29 is 4.74 Å². The molecular weight excluding hydrogens is 296 g/mol. The lowest BCUT2D eigenvalue weighted by Gasteiger charge is -2.29. The Hall–Kier alpha value is -1.22. The second-order valence-electron chi connectivity index (χ2n) is 8.19. The number of hydrogen-bond acceptors (Lipinski definition) is 3. The van der Waals surface area contributed by atoms with Crippen LogP contribution in [0.5, 0.6) is 5.75 Å². The summed E-state index contributed by atoms with van der Waals surface area (Å²) in [5.41, 5.74) is 2.56. The summed E-state index contributed by atoms with van der Waals surface area (Å²) in [6.45, 7) is 6.58. The van der Waals surface area contributed by atoms with E-state index < -0.39 is 0 Å². The molecule has 0 saturated heterocycles. The number of anilines is 1. The summed E-state index contributed by atoms with van der Waals surface area (Å²) in [6.07, 6.45) is 8.42. The molecule has 24 heavy (non-hydrogen) atoms. The summed E-state index contributed by atoms with van der Waals surface area (Å²) < 4.78 is 6.00. The van der Waals surface area contributed by atoms with Crippen molar-refractivity contribution in [3.05, 3.63) is 23.8 Å². The number of rotatable bonds is 6. The Balaban J connectivity index is 1.27. The summed E-state index contributed by atoms with van der Waals surface area (Å²) in [6, 6.07) is 7.30. The first-order chi connectivity index (χ1) is 11.7. The third-order valence-electron chi connectivity index (χ3n) is 6.63. The predicted molar refractivity (Wildman–Crippen MR) is 99.7 cm³/mol. The molecule has 3 heteroatoms. The van der Waals surface area contributed by atoms with E-state index in [0.717, 1.165) is 49.4 Å². The largest absolute Gasteiger partial charge is 0.486 e. The molecule has 1 heterocycles. The van der Waals surface area contributed by atoms with Gasteiger partial charge in [-0.2, -0.15) is 0 Å². The maximum absolute atomic E-state index is 6.00. The van der Waals surface area contributed by atoms with Crippen LogP contribution in [0.15, 0.2) is 18.2 Å². The van der Waals surface area contributed by atoms with Gasteiger partial charge in [0.15, 0.2) is 0 Å². The molecule has 132 valence electrons. The van der Waals surface area contributed by atoms with Crippen molar-refractivity contribution in [1.82, 2.24) is 5.32 Å². The number of fused-ring (bicyclic) bond motifs is 3. The van der Waals surface area contributed by atoms with E-state index in [-0.39, 0.29) is 0 Å². The van der Waals surface area contributed by atoms with Crippen LogP contribution >= 0.6 is 0 Å². The van der Waals surface area contributed by atoms with E-state index in [1.165, 1.54) is 36.9 Å². The molecule has 0 amide bonds. The van der Waals surface area contributed by atoms with E-state index in [2.05, 4.69) is 42.7 Å². The van der Waals surface area contributed by atoms with Gasteiger partial charge >= 0.3 is 0 Å². The molecule has 2 bridgehead atoms. The molecule has 1 aromatic rings. The molecule has 0 aromatic heterocycles. The van der Waals surface area contributed by atoms with Crippen LogP contribution in [0, 0.1) is 17.8 Å². The van der Waals surface area contributed by atoms with Crippen molar-refractivity contribution in [2.45, 2.75) is 64.5 Å². The molecule has 2 N–H and O–H groups in total. The van der Waals surface area contributed by atoms with Crippen LogP contribution in [0.25, 0.3) is 0 Å². The Labute approximate surface area is 146 Å². The maximum atomic E-state index is 6.00. The average molecular weight is 329 g/mol. The molecule has 0 spiro atoms. The van der Waals surface area contributed by atoms with E-state index in [9.17, 15) is 0 Å². The summed E-state index contributed by atoms with van der Waals surface area (Å²) >= 11 is 0. The van der Waals surface area contributed by atoms with Crippen molar-refractivity contribution in [3.8, 4) is 5.75 Å². The van der Waals surface area contributed by atoms with Crippen molar-refractivity contribution in [3.63, 3.8) is 0 Å². The van der Waals surface area contributed by atoms with Gasteiger partial charge in [-0.3, -0.25) is 0 Å². The van der Waals surface area contributed by atoms with Gasteiger partial charge in [-0.05, 0) is 81.0 Å². The van der Waals surface area contributed by atoms with Gasteiger partial charge in [0.1, 0.15) is 11.9 Å². The Bertz CT molecular complexity index is 573. The summed E-state index contributed by atoms with van der Waals surface area (Å²) in [5.74, 6) is 3.99. The topological polar surface area (TPSA) is 33.3 Å². The van der Waals surface area contributed by atoms with Gasteiger partial charge in [-0.15, -0.1) is 0 Å². The third kappa shape index (κ3) is 3.28. The average Bonchev–Trinajstić information content (AvgIpc) is 3.24. The molecule has 5 atom stereocenters. The first-order valence-electron chi connectivity index (χ1n) is 9.99. The summed E-state index contributed by atoms with van der Waals surface area (Å²) in [7, 11) is 0. The van der Waals surface area contributed by atoms with Crippen LogP contribution in [0.2, 0.25) is 0 Å². The fourth-order valence-corrected chi connectivity index (χ4v) is 5.15. The van der Waals surface area contributed by atoms with Crippen molar-refractivity contribution in [2.75, 3.05) is 18.4 Å². The second kappa shape index (κ2) is 6.95. The Kier molecular flexibility index (Phi) is 4.71. The van der Waals surface area contributed by atoms with Gasteiger partial charge in [0.05, 0.1) is 12.2 Å². The van der Waals surface area contributed by atoms with Crippen LogP contribution in [0.3, 0.4) is 0 Å². The fraction of sp³-hybridized carbons (Fsp3) is 0.714. The molecule has 3 aliphatic rings. The van der Waals surface area contributed by atoms with Gasteiger partial charge in [-0.1, -0.05) is 19.4 Å². The number of hydrogen-bond donors (Lipinski definition) is 2. The van der Waals surface area contributed by atoms with Crippen LogP contribution in [0.1, 0.15) is 51.5 Å². The zero-order chi connectivity index (χ0) is 16.5. The lowest BCUT2D eigenvalue weighted by Crippen LogP contribution is -2.37. The van der Waals surface area contributed by atoms with Crippen molar-refractivity contribution in [2.24, 2.45) is 17.8 Å². The van der Waals surface area contributed by atoms with E-state index in [1.54, 1.807) is 0 Å². The van der Waals surface area contributed by atoms with Crippen LogP contribution in [0.4, 0.5) is 5.69 Å². The molecule has 2 fully saturated rings. The SMILES string of the molecule is CCC1CNc2cc(CCNC(C)C3CC4CCC3C4)ccc2O1. The Morgan fingerprint density at radius 1 is 1.29 bits per heavy atom.